The van der Waals surface area contributed by atoms with Gasteiger partial charge in [-0.2, -0.15) is 0 Å². The molecule has 1 heterocycles. The van der Waals surface area contributed by atoms with Gasteiger partial charge in [-0.1, -0.05) is 0 Å². The molecular weight excluding hydrogens is 110 g/mol. The molecule has 1 saturated carbocycles. The largest absolute Gasteiger partial charge is 0.303 e. The Morgan fingerprint density at radius 3 is 2.33 bits per heavy atom. The first-order valence-corrected chi connectivity index (χ1v) is 3.92. The quantitative estimate of drug-likeness (QED) is 0.474. The van der Waals surface area contributed by atoms with Crippen molar-refractivity contribution in [2.24, 2.45) is 5.41 Å². The highest BCUT2D eigenvalue weighted by molar-refractivity contribution is 5.02. The molecule has 0 unspecified atom stereocenters. The molecule has 52 valence electrons. The molecule has 0 bridgehead atoms. The Labute approximate surface area is 57.0 Å². The summed E-state index contributed by atoms with van der Waals surface area (Å²) < 4.78 is 0. The fourth-order valence-electron chi connectivity index (χ4n) is 2.07. The number of hydrogen-bond acceptors (Lipinski definition) is 1. The normalized spacial score (nSPS) is 40.0. The third-order valence-corrected chi connectivity index (χ3v) is 3.02. The third kappa shape index (κ3) is 0.787. The van der Waals surface area contributed by atoms with Gasteiger partial charge in [0.05, 0.1) is 0 Å². The van der Waals surface area contributed by atoms with Gasteiger partial charge in [-0.25, -0.2) is 0 Å². The Hall–Kier alpha value is -0.0400. The van der Waals surface area contributed by atoms with Crippen molar-refractivity contribution in [3.05, 3.63) is 0 Å². The van der Waals surface area contributed by atoms with Crippen LogP contribution in [0.15, 0.2) is 0 Å². The van der Waals surface area contributed by atoms with Crippen LogP contribution in [-0.4, -0.2) is 24.5 Å². The zero-order chi connectivity index (χ0) is 6.48. The van der Waals surface area contributed by atoms with Crippen LogP contribution < -0.4 is 0 Å². The smallest absolute Gasteiger partial charge is 0.00698 e. The highest BCUT2D eigenvalue weighted by Gasteiger charge is 2.49. The summed E-state index contributed by atoms with van der Waals surface area (Å²) >= 11 is 0. The Kier molecular flexibility index (Phi) is 0.963. The van der Waals surface area contributed by atoms with Crippen molar-refractivity contribution in [2.45, 2.75) is 32.2 Å². The predicted octanol–water partition coefficient (Wildman–Crippen LogP) is 1.49. The first-order valence-electron chi connectivity index (χ1n) is 3.92. The third-order valence-electron chi connectivity index (χ3n) is 3.02. The van der Waals surface area contributed by atoms with Crippen molar-refractivity contribution in [3.63, 3.8) is 0 Å². The number of rotatable bonds is 0. The summed E-state index contributed by atoms with van der Waals surface area (Å²) in [7, 11) is 2.25. The van der Waals surface area contributed by atoms with Crippen molar-refractivity contribution in [3.8, 4) is 0 Å². The van der Waals surface area contributed by atoms with E-state index in [9.17, 15) is 0 Å². The van der Waals surface area contributed by atoms with Gasteiger partial charge in [0.1, 0.15) is 0 Å². The van der Waals surface area contributed by atoms with Crippen molar-refractivity contribution in [1.82, 2.24) is 4.90 Å². The van der Waals surface area contributed by atoms with Gasteiger partial charge in [0.2, 0.25) is 0 Å². The second kappa shape index (κ2) is 1.51. The number of hydrogen-bond donors (Lipinski definition) is 0. The Bertz CT molecular complexity index is 115. The molecule has 0 aromatic heterocycles. The summed E-state index contributed by atoms with van der Waals surface area (Å²) in [6.45, 7) is 3.71. The molecule has 1 spiro atoms. The molecule has 0 amide bonds. The van der Waals surface area contributed by atoms with E-state index in [0.29, 0.717) is 0 Å². The lowest BCUT2D eigenvalue weighted by molar-refractivity contribution is 0.323. The molecule has 1 aliphatic carbocycles. The van der Waals surface area contributed by atoms with Gasteiger partial charge in [-0.3, -0.25) is 0 Å². The lowest BCUT2D eigenvalue weighted by atomic mass is 10.0. The highest BCUT2D eigenvalue weighted by Crippen LogP contribution is 2.54. The molecule has 1 aliphatic heterocycles. The maximum Gasteiger partial charge on any atom is 0.00698 e. The van der Waals surface area contributed by atoms with Crippen molar-refractivity contribution in [1.29, 1.82) is 0 Å². The maximum atomic E-state index is 2.49. The number of likely N-dealkylation sites (tertiary alicyclic amines) is 1. The minimum Gasteiger partial charge on any atom is -0.303 e. The van der Waals surface area contributed by atoms with Gasteiger partial charge in [-0.05, 0) is 38.6 Å². The summed E-state index contributed by atoms with van der Waals surface area (Å²) in [5.41, 5.74) is 0.814. The van der Waals surface area contributed by atoms with Crippen LogP contribution in [0.4, 0.5) is 0 Å². The molecule has 1 heteroatoms. The summed E-state index contributed by atoms with van der Waals surface area (Å²) in [6, 6.07) is 0.854. The van der Waals surface area contributed by atoms with Gasteiger partial charge in [-0.15, -0.1) is 0 Å². The van der Waals surface area contributed by atoms with Crippen LogP contribution in [-0.2, 0) is 0 Å². The monoisotopic (exact) mass is 125 g/mol. The molecule has 0 radical (unpaired) electrons. The molecule has 0 N–H and O–H groups in total. The summed E-state index contributed by atoms with van der Waals surface area (Å²) in [6.07, 6.45) is 4.47. The van der Waals surface area contributed by atoms with Crippen molar-refractivity contribution >= 4 is 0 Å². The minimum atomic E-state index is 0.814. The average molecular weight is 125 g/mol. The summed E-state index contributed by atoms with van der Waals surface area (Å²) in [5, 5.41) is 0. The fraction of sp³-hybridized carbons (Fsp3) is 1.00. The lowest BCUT2D eigenvalue weighted by Crippen LogP contribution is -2.21. The van der Waals surface area contributed by atoms with E-state index in [4.69, 9.17) is 0 Å². The van der Waals surface area contributed by atoms with Crippen LogP contribution in [0.3, 0.4) is 0 Å². The van der Waals surface area contributed by atoms with Crippen LogP contribution in [0.25, 0.3) is 0 Å². The van der Waals surface area contributed by atoms with E-state index >= 15 is 0 Å². The van der Waals surface area contributed by atoms with E-state index < -0.39 is 0 Å². The Morgan fingerprint density at radius 2 is 2.11 bits per heavy atom. The molecule has 1 atom stereocenters. The summed E-state index contributed by atoms with van der Waals surface area (Å²) in [5.74, 6) is 0. The minimum absolute atomic E-state index is 0.814. The number of nitrogens with zero attached hydrogens (tertiary/aromatic N) is 1. The zero-order valence-electron chi connectivity index (χ0n) is 6.35. The van der Waals surface area contributed by atoms with Gasteiger partial charge < -0.3 is 4.90 Å². The van der Waals surface area contributed by atoms with Crippen LogP contribution in [0.5, 0.6) is 0 Å². The van der Waals surface area contributed by atoms with E-state index in [0.717, 1.165) is 11.5 Å². The standard InChI is InChI=1S/C8H15N/c1-7-5-8(3-4-8)6-9(7)2/h7H,3-6H2,1-2H3/t7-/m0/s1. The van der Waals surface area contributed by atoms with E-state index in [1.54, 1.807) is 0 Å². The van der Waals surface area contributed by atoms with E-state index in [-0.39, 0.29) is 0 Å². The molecule has 2 fully saturated rings. The zero-order valence-corrected chi connectivity index (χ0v) is 6.35. The second-order valence-corrected chi connectivity index (χ2v) is 3.97. The predicted molar refractivity (Wildman–Crippen MR) is 38.4 cm³/mol. The maximum absolute atomic E-state index is 2.49. The van der Waals surface area contributed by atoms with Crippen molar-refractivity contribution in [2.75, 3.05) is 13.6 Å². The van der Waals surface area contributed by atoms with Crippen LogP contribution in [0, 0.1) is 5.41 Å². The van der Waals surface area contributed by atoms with E-state index in [1.165, 1.54) is 25.8 Å². The van der Waals surface area contributed by atoms with Crippen LogP contribution >= 0.6 is 0 Å². The lowest BCUT2D eigenvalue weighted by Gasteiger charge is -2.12. The van der Waals surface area contributed by atoms with Crippen molar-refractivity contribution < 1.29 is 0 Å². The highest BCUT2D eigenvalue weighted by atomic mass is 15.2. The molecule has 0 aromatic rings. The first kappa shape index (κ1) is 5.72. The molecular formula is C8H15N. The topological polar surface area (TPSA) is 3.24 Å². The van der Waals surface area contributed by atoms with Gasteiger partial charge in [0.15, 0.2) is 0 Å². The van der Waals surface area contributed by atoms with E-state index in [1.807, 2.05) is 0 Å². The van der Waals surface area contributed by atoms with Crippen LogP contribution in [0.1, 0.15) is 26.2 Å². The van der Waals surface area contributed by atoms with E-state index in [2.05, 4.69) is 18.9 Å². The fourth-order valence-corrected chi connectivity index (χ4v) is 2.07. The molecule has 1 saturated heterocycles. The molecule has 2 aliphatic rings. The second-order valence-electron chi connectivity index (χ2n) is 3.97. The Morgan fingerprint density at radius 1 is 1.44 bits per heavy atom. The average Bonchev–Trinajstić information content (AvgIpc) is 2.42. The SMILES string of the molecule is C[C@H]1CC2(CC2)CN1C. The molecule has 1 nitrogen and oxygen atoms in total. The van der Waals surface area contributed by atoms with Gasteiger partial charge in [0, 0.05) is 12.6 Å². The van der Waals surface area contributed by atoms with Gasteiger partial charge in [0.25, 0.3) is 0 Å². The first-order chi connectivity index (χ1) is 4.22. The molecule has 0 aromatic carbocycles. The molecule has 2 rings (SSSR count). The van der Waals surface area contributed by atoms with Gasteiger partial charge >= 0.3 is 0 Å². The Balaban J connectivity index is 2.06. The molecule has 9 heavy (non-hydrogen) atoms. The summed E-state index contributed by atoms with van der Waals surface area (Å²) in [4.78, 5) is 2.49. The van der Waals surface area contributed by atoms with Crippen LogP contribution in [0.2, 0.25) is 0 Å².